The molecule has 18 heavy (non-hydrogen) atoms. The van der Waals surface area contributed by atoms with E-state index >= 15 is 0 Å². The smallest absolute Gasteiger partial charge is 0.169 e. The third-order valence-corrected chi connectivity index (χ3v) is 3.95. The number of hydrogen-bond donors (Lipinski definition) is 0. The Kier molecular flexibility index (Phi) is 4.51. The molecule has 0 N–H and O–H groups in total. The lowest BCUT2D eigenvalue weighted by Gasteiger charge is -2.14. The Balaban J connectivity index is 2.39. The summed E-state index contributed by atoms with van der Waals surface area (Å²) < 4.78 is 12.0. The van der Waals surface area contributed by atoms with Gasteiger partial charge < -0.3 is 9.15 Å². The van der Waals surface area contributed by atoms with Crippen molar-refractivity contribution < 1.29 is 9.15 Å². The van der Waals surface area contributed by atoms with E-state index < -0.39 is 0 Å². The van der Waals surface area contributed by atoms with E-state index in [0.29, 0.717) is 6.61 Å². The lowest BCUT2D eigenvalue weighted by molar-refractivity contribution is 0.336. The second-order valence-corrected chi connectivity index (χ2v) is 5.68. The molecule has 2 nitrogen and oxygen atoms in total. The van der Waals surface area contributed by atoms with Gasteiger partial charge in [0.25, 0.3) is 0 Å². The molecule has 96 valence electrons. The molecule has 2 rings (SSSR count). The molecule has 2 aromatic rings. The molecular formula is C14H14Br2O2. The summed E-state index contributed by atoms with van der Waals surface area (Å²) in [4.78, 5) is -0.00903. The maximum atomic E-state index is 5.66. The topological polar surface area (TPSA) is 22.4 Å². The third kappa shape index (κ3) is 2.98. The van der Waals surface area contributed by atoms with E-state index in [2.05, 4.69) is 44.8 Å². The van der Waals surface area contributed by atoms with E-state index in [1.54, 1.807) is 0 Å². The molecule has 1 atom stereocenters. The van der Waals surface area contributed by atoms with Gasteiger partial charge in [-0.15, -0.1) is 0 Å². The van der Waals surface area contributed by atoms with Gasteiger partial charge in [0.15, 0.2) is 4.67 Å². The van der Waals surface area contributed by atoms with Crippen LogP contribution in [0.25, 0.3) is 0 Å². The summed E-state index contributed by atoms with van der Waals surface area (Å²) in [7, 11) is 0. The van der Waals surface area contributed by atoms with E-state index in [-0.39, 0.29) is 4.83 Å². The standard InChI is InChI=1S/C14H14Br2O2/c1-3-17-11-5-4-9(2)8-10(11)14(16)12-6-7-13(15)18-12/h4-8,14H,3H2,1-2H3. The third-order valence-electron chi connectivity index (χ3n) is 2.58. The fourth-order valence-electron chi connectivity index (χ4n) is 1.77. The molecule has 0 amide bonds. The van der Waals surface area contributed by atoms with Crippen molar-refractivity contribution in [1.29, 1.82) is 0 Å². The molecule has 4 heteroatoms. The Morgan fingerprint density at radius 3 is 2.67 bits per heavy atom. The Hall–Kier alpha value is -0.740. The quantitative estimate of drug-likeness (QED) is 0.684. The van der Waals surface area contributed by atoms with Crippen LogP contribution in [0.4, 0.5) is 0 Å². The van der Waals surface area contributed by atoms with Gasteiger partial charge in [-0.25, -0.2) is 0 Å². The van der Waals surface area contributed by atoms with Crippen LogP contribution in [0.3, 0.4) is 0 Å². The molecule has 1 heterocycles. The predicted octanol–water partition coefficient (Wildman–Crippen LogP) is 5.23. The van der Waals surface area contributed by atoms with Crippen molar-refractivity contribution in [2.45, 2.75) is 18.7 Å². The van der Waals surface area contributed by atoms with Crippen molar-refractivity contribution >= 4 is 31.9 Å². The van der Waals surface area contributed by atoms with Gasteiger partial charge in [0.2, 0.25) is 0 Å². The summed E-state index contributed by atoms with van der Waals surface area (Å²) >= 11 is 6.99. The molecule has 0 saturated heterocycles. The summed E-state index contributed by atoms with van der Waals surface area (Å²) in [6.07, 6.45) is 0. The summed E-state index contributed by atoms with van der Waals surface area (Å²) in [6, 6.07) is 9.99. The normalized spacial score (nSPS) is 12.4. The second-order valence-electron chi connectivity index (χ2n) is 3.98. The summed E-state index contributed by atoms with van der Waals surface area (Å²) in [6.45, 7) is 4.70. The summed E-state index contributed by atoms with van der Waals surface area (Å²) in [5, 5.41) is 0. The molecule has 0 saturated carbocycles. The number of rotatable bonds is 4. The Morgan fingerprint density at radius 2 is 2.06 bits per heavy atom. The Labute approximate surface area is 124 Å². The minimum Gasteiger partial charge on any atom is -0.494 e. The van der Waals surface area contributed by atoms with Crippen LogP contribution in [0.15, 0.2) is 39.4 Å². The Morgan fingerprint density at radius 1 is 1.28 bits per heavy atom. The number of alkyl halides is 1. The number of hydrogen-bond acceptors (Lipinski definition) is 2. The zero-order chi connectivity index (χ0) is 13.1. The average molecular weight is 374 g/mol. The van der Waals surface area contributed by atoms with Crippen molar-refractivity contribution in [3.8, 4) is 5.75 Å². The van der Waals surface area contributed by atoms with E-state index in [1.807, 2.05) is 31.2 Å². The van der Waals surface area contributed by atoms with Gasteiger partial charge in [-0.1, -0.05) is 33.6 Å². The SMILES string of the molecule is CCOc1ccc(C)cc1C(Br)c1ccc(Br)o1. The molecule has 0 radical (unpaired) electrons. The van der Waals surface area contributed by atoms with Gasteiger partial charge in [-0.3, -0.25) is 0 Å². The maximum Gasteiger partial charge on any atom is 0.169 e. The van der Waals surface area contributed by atoms with Crippen LogP contribution < -0.4 is 4.74 Å². The van der Waals surface area contributed by atoms with Gasteiger partial charge in [0, 0.05) is 5.56 Å². The van der Waals surface area contributed by atoms with Gasteiger partial charge in [-0.05, 0) is 48.0 Å². The molecule has 1 aromatic carbocycles. The van der Waals surface area contributed by atoms with Crippen molar-refractivity contribution in [3.05, 3.63) is 51.9 Å². The fourth-order valence-corrected chi connectivity index (χ4v) is 2.69. The van der Waals surface area contributed by atoms with E-state index in [1.165, 1.54) is 5.56 Å². The molecule has 0 aliphatic heterocycles. The summed E-state index contributed by atoms with van der Waals surface area (Å²) in [5.74, 6) is 1.74. The van der Waals surface area contributed by atoms with Crippen LogP contribution in [0.5, 0.6) is 5.75 Å². The lowest BCUT2D eigenvalue weighted by Crippen LogP contribution is -1.99. The van der Waals surface area contributed by atoms with Crippen molar-refractivity contribution in [1.82, 2.24) is 0 Å². The van der Waals surface area contributed by atoms with Crippen LogP contribution in [0.2, 0.25) is 0 Å². The molecule has 0 fully saturated rings. The monoisotopic (exact) mass is 372 g/mol. The fraction of sp³-hybridized carbons (Fsp3) is 0.286. The first-order valence-corrected chi connectivity index (χ1v) is 7.45. The van der Waals surface area contributed by atoms with Gasteiger partial charge in [0.1, 0.15) is 16.3 Å². The minimum atomic E-state index is -0.00903. The lowest BCUT2D eigenvalue weighted by atomic mass is 10.1. The highest BCUT2D eigenvalue weighted by Gasteiger charge is 2.18. The van der Waals surface area contributed by atoms with Gasteiger partial charge >= 0.3 is 0 Å². The molecule has 0 aliphatic rings. The first-order valence-electron chi connectivity index (χ1n) is 5.74. The number of ether oxygens (including phenoxy) is 1. The number of halogens is 2. The largest absolute Gasteiger partial charge is 0.494 e. The zero-order valence-corrected chi connectivity index (χ0v) is 13.4. The van der Waals surface area contributed by atoms with Gasteiger partial charge in [-0.2, -0.15) is 0 Å². The van der Waals surface area contributed by atoms with Crippen LogP contribution in [-0.4, -0.2) is 6.61 Å². The van der Waals surface area contributed by atoms with Crippen LogP contribution in [0, 0.1) is 6.92 Å². The maximum absolute atomic E-state index is 5.66. The molecule has 0 spiro atoms. The zero-order valence-electron chi connectivity index (χ0n) is 10.2. The number of benzene rings is 1. The molecular weight excluding hydrogens is 360 g/mol. The van der Waals surface area contributed by atoms with Crippen molar-refractivity contribution in [2.24, 2.45) is 0 Å². The summed E-state index contributed by atoms with van der Waals surface area (Å²) in [5.41, 5.74) is 2.28. The van der Waals surface area contributed by atoms with Crippen molar-refractivity contribution in [2.75, 3.05) is 6.61 Å². The molecule has 1 aromatic heterocycles. The predicted molar refractivity (Wildman–Crippen MR) is 79.5 cm³/mol. The van der Waals surface area contributed by atoms with Crippen molar-refractivity contribution in [3.63, 3.8) is 0 Å². The van der Waals surface area contributed by atoms with Crippen LogP contribution >= 0.6 is 31.9 Å². The van der Waals surface area contributed by atoms with Gasteiger partial charge in [0.05, 0.1) is 6.61 Å². The van der Waals surface area contributed by atoms with Crippen LogP contribution in [-0.2, 0) is 0 Å². The molecule has 0 bridgehead atoms. The highest BCUT2D eigenvalue weighted by Crippen LogP contribution is 2.38. The highest BCUT2D eigenvalue weighted by molar-refractivity contribution is 9.10. The number of aryl methyl sites for hydroxylation is 1. The van der Waals surface area contributed by atoms with E-state index in [0.717, 1.165) is 21.7 Å². The van der Waals surface area contributed by atoms with E-state index in [4.69, 9.17) is 9.15 Å². The van der Waals surface area contributed by atoms with E-state index in [9.17, 15) is 0 Å². The minimum absolute atomic E-state index is 0.00903. The molecule has 0 aliphatic carbocycles. The second kappa shape index (κ2) is 5.93. The Bertz CT molecular complexity index is 534. The highest BCUT2D eigenvalue weighted by atomic mass is 79.9. The number of furan rings is 1. The average Bonchev–Trinajstić information content (AvgIpc) is 2.77. The molecule has 1 unspecified atom stereocenters. The van der Waals surface area contributed by atoms with Crippen LogP contribution in [0.1, 0.15) is 28.6 Å². The first-order chi connectivity index (χ1) is 8.61. The first kappa shape index (κ1) is 13.7.